The Hall–Kier alpha value is -3.22. The molecular weight excluding hydrogens is 328 g/mol. The van der Waals surface area contributed by atoms with Gasteiger partial charge in [-0.2, -0.15) is 10.5 Å². The highest BCUT2D eigenvalue weighted by atomic mass is 16.5. The Morgan fingerprint density at radius 1 is 1.04 bits per heavy atom. The van der Waals surface area contributed by atoms with Crippen molar-refractivity contribution in [2.75, 3.05) is 33.5 Å². The van der Waals surface area contributed by atoms with Gasteiger partial charge in [0, 0.05) is 18.7 Å². The average molecular weight is 348 g/mol. The highest BCUT2D eigenvalue weighted by Crippen LogP contribution is 2.41. The van der Waals surface area contributed by atoms with Crippen molar-refractivity contribution in [1.82, 2.24) is 4.90 Å². The van der Waals surface area contributed by atoms with Crippen molar-refractivity contribution in [3.8, 4) is 34.8 Å². The van der Waals surface area contributed by atoms with Crippen LogP contribution in [0.25, 0.3) is 11.1 Å². The Balaban J connectivity index is 2.36. The standard InChI is InChI=1S/C20H20N4O2/c1-24-7-6-13-14(9-21)20(23)15(10-22)19(16(13)11-24)12-4-5-17(25-2)18(8-12)26-3/h4-5,8H,6-7,11,23H2,1-3H3. The van der Waals surface area contributed by atoms with Gasteiger partial charge in [0.15, 0.2) is 11.5 Å². The van der Waals surface area contributed by atoms with E-state index in [1.807, 2.05) is 25.2 Å². The first-order valence-electron chi connectivity index (χ1n) is 8.24. The molecule has 0 saturated carbocycles. The van der Waals surface area contributed by atoms with Crippen LogP contribution in [0, 0.1) is 22.7 Å². The van der Waals surface area contributed by atoms with Crippen LogP contribution in [0.15, 0.2) is 18.2 Å². The van der Waals surface area contributed by atoms with Gasteiger partial charge in [0.1, 0.15) is 12.1 Å². The summed E-state index contributed by atoms with van der Waals surface area (Å²) < 4.78 is 10.7. The molecule has 0 bridgehead atoms. The van der Waals surface area contributed by atoms with Crippen molar-refractivity contribution in [2.45, 2.75) is 13.0 Å². The highest BCUT2D eigenvalue weighted by Gasteiger charge is 2.27. The lowest BCUT2D eigenvalue weighted by Gasteiger charge is -2.29. The molecule has 3 rings (SSSR count). The molecule has 6 heteroatoms. The second-order valence-corrected chi connectivity index (χ2v) is 6.28. The van der Waals surface area contributed by atoms with E-state index in [1.165, 1.54) is 0 Å². The van der Waals surface area contributed by atoms with E-state index in [0.717, 1.165) is 35.2 Å². The molecule has 0 spiro atoms. The predicted octanol–water partition coefficient (Wildman–Crippen LogP) is 2.68. The van der Waals surface area contributed by atoms with Gasteiger partial charge < -0.3 is 20.1 Å². The summed E-state index contributed by atoms with van der Waals surface area (Å²) in [5.74, 6) is 1.19. The Morgan fingerprint density at radius 2 is 1.73 bits per heavy atom. The second-order valence-electron chi connectivity index (χ2n) is 6.28. The van der Waals surface area contributed by atoms with Crippen LogP contribution in [0.1, 0.15) is 22.3 Å². The van der Waals surface area contributed by atoms with Crippen LogP contribution in [0.2, 0.25) is 0 Å². The zero-order chi connectivity index (χ0) is 18.8. The van der Waals surface area contributed by atoms with Crippen molar-refractivity contribution in [2.24, 2.45) is 0 Å². The van der Waals surface area contributed by atoms with E-state index >= 15 is 0 Å². The maximum atomic E-state index is 9.77. The lowest BCUT2D eigenvalue weighted by atomic mass is 9.83. The van der Waals surface area contributed by atoms with Crippen LogP contribution in [-0.2, 0) is 13.0 Å². The highest BCUT2D eigenvalue weighted by molar-refractivity contribution is 5.86. The lowest BCUT2D eigenvalue weighted by Crippen LogP contribution is -2.28. The molecule has 0 aliphatic carbocycles. The summed E-state index contributed by atoms with van der Waals surface area (Å²) in [6.07, 6.45) is 0.727. The van der Waals surface area contributed by atoms with Crippen LogP contribution in [0.3, 0.4) is 0 Å². The number of anilines is 1. The zero-order valence-electron chi connectivity index (χ0n) is 15.1. The zero-order valence-corrected chi connectivity index (χ0v) is 15.1. The van der Waals surface area contributed by atoms with Gasteiger partial charge in [0.25, 0.3) is 0 Å². The minimum absolute atomic E-state index is 0.253. The molecule has 2 aromatic carbocycles. The van der Waals surface area contributed by atoms with Crippen molar-refractivity contribution in [1.29, 1.82) is 10.5 Å². The van der Waals surface area contributed by atoms with Crippen LogP contribution in [-0.4, -0.2) is 32.7 Å². The number of rotatable bonds is 3. The Morgan fingerprint density at radius 3 is 2.35 bits per heavy atom. The molecule has 0 unspecified atom stereocenters. The minimum atomic E-state index is 0.253. The third-order valence-corrected chi connectivity index (χ3v) is 4.82. The number of ether oxygens (including phenoxy) is 2. The van der Waals surface area contributed by atoms with Gasteiger partial charge in [0.05, 0.1) is 31.0 Å². The summed E-state index contributed by atoms with van der Waals surface area (Å²) in [6.45, 7) is 1.50. The molecule has 1 aliphatic heterocycles. The van der Waals surface area contributed by atoms with E-state index in [2.05, 4.69) is 17.0 Å². The fourth-order valence-electron chi connectivity index (χ4n) is 3.53. The van der Waals surface area contributed by atoms with Gasteiger partial charge in [-0.3, -0.25) is 0 Å². The van der Waals surface area contributed by atoms with Crippen molar-refractivity contribution < 1.29 is 9.47 Å². The Bertz CT molecular complexity index is 954. The molecule has 0 saturated heterocycles. The van der Waals surface area contributed by atoms with E-state index in [-0.39, 0.29) is 5.69 Å². The first kappa shape index (κ1) is 17.6. The number of nitriles is 2. The van der Waals surface area contributed by atoms with Crippen molar-refractivity contribution in [3.63, 3.8) is 0 Å². The molecule has 2 aromatic rings. The summed E-state index contributed by atoms with van der Waals surface area (Å²) in [4.78, 5) is 2.17. The molecular formula is C20H20N4O2. The molecule has 2 N–H and O–H groups in total. The Labute approximate surface area is 153 Å². The number of nitrogens with two attached hydrogens (primary N) is 1. The number of benzene rings is 2. The molecule has 6 nitrogen and oxygen atoms in total. The van der Waals surface area contributed by atoms with Crippen molar-refractivity contribution >= 4 is 5.69 Å². The van der Waals surface area contributed by atoms with Gasteiger partial charge in [-0.15, -0.1) is 0 Å². The topological polar surface area (TPSA) is 95.3 Å². The number of methoxy groups -OCH3 is 2. The third-order valence-electron chi connectivity index (χ3n) is 4.82. The minimum Gasteiger partial charge on any atom is -0.493 e. The van der Waals surface area contributed by atoms with E-state index in [0.29, 0.717) is 29.2 Å². The third kappa shape index (κ3) is 2.71. The average Bonchev–Trinajstić information content (AvgIpc) is 2.66. The summed E-state index contributed by atoms with van der Waals surface area (Å²) in [6, 6.07) is 9.93. The monoisotopic (exact) mass is 348 g/mol. The van der Waals surface area contributed by atoms with Gasteiger partial charge in [0.2, 0.25) is 0 Å². The molecule has 0 amide bonds. The number of fused-ring (bicyclic) bond motifs is 1. The van der Waals surface area contributed by atoms with Crippen LogP contribution in [0.5, 0.6) is 11.5 Å². The molecule has 0 fully saturated rings. The van der Waals surface area contributed by atoms with Gasteiger partial charge in [-0.05, 0) is 42.3 Å². The molecule has 0 atom stereocenters. The van der Waals surface area contributed by atoms with E-state index in [9.17, 15) is 10.5 Å². The Kier molecular flexibility index (Phi) is 4.71. The quantitative estimate of drug-likeness (QED) is 0.857. The normalized spacial score (nSPS) is 13.4. The molecule has 1 aliphatic rings. The fourth-order valence-corrected chi connectivity index (χ4v) is 3.53. The largest absolute Gasteiger partial charge is 0.493 e. The van der Waals surface area contributed by atoms with Crippen LogP contribution < -0.4 is 15.2 Å². The van der Waals surface area contributed by atoms with E-state index < -0.39 is 0 Å². The van der Waals surface area contributed by atoms with Crippen LogP contribution in [0.4, 0.5) is 5.69 Å². The number of likely N-dealkylation sites (N-methyl/N-ethyl adjacent to an activating group) is 1. The smallest absolute Gasteiger partial charge is 0.161 e. The fraction of sp³-hybridized carbons (Fsp3) is 0.300. The van der Waals surface area contributed by atoms with Gasteiger partial charge in [-0.25, -0.2) is 0 Å². The summed E-state index contributed by atoms with van der Waals surface area (Å²) in [7, 11) is 5.17. The lowest BCUT2D eigenvalue weighted by molar-refractivity contribution is 0.313. The molecule has 1 heterocycles. The summed E-state index contributed by atoms with van der Waals surface area (Å²) in [5, 5.41) is 19.3. The van der Waals surface area contributed by atoms with Gasteiger partial charge in [-0.1, -0.05) is 6.07 Å². The van der Waals surface area contributed by atoms with E-state index in [1.54, 1.807) is 14.2 Å². The maximum absolute atomic E-state index is 9.77. The summed E-state index contributed by atoms with van der Waals surface area (Å²) in [5.41, 5.74) is 10.7. The molecule has 0 aromatic heterocycles. The molecule has 132 valence electrons. The van der Waals surface area contributed by atoms with E-state index in [4.69, 9.17) is 15.2 Å². The first-order valence-corrected chi connectivity index (χ1v) is 8.24. The molecule has 0 radical (unpaired) electrons. The maximum Gasteiger partial charge on any atom is 0.161 e. The second kappa shape index (κ2) is 6.95. The van der Waals surface area contributed by atoms with Gasteiger partial charge >= 0.3 is 0 Å². The van der Waals surface area contributed by atoms with Crippen LogP contribution >= 0.6 is 0 Å². The molecule has 26 heavy (non-hydrogen) atoms. The first-order chi connectivity index (χ1) is 12.5. The summed E-state index contributed by atoms with van der Waals surface area (Å²) >= 11 is 0. The number of hydrogen-bond donors (Lipinski definition) is 1. The van der Waals surface area contributed by atoms with Crippen molar-refractivity contribution in [3.05, 3.63) is 40.5 Å². The number of hydrogen-bond acceptors (Lipinski definition) is 6. The SMILES string of the molecule is COc1ccc(-c2c(C#N)c(N)c(C#N)c3c2CN(C)CC3)cc1OC. The predicted molar refractivity (Wildman–Crippen MR) is 98.9 cm³/mol. The number of nitrogen functional groups attached to an aromatic ring is 1. The number of nitrogens with zero attached hydrogens (tertiary/aromatic N) is 3.